The molecule has 1 rings (SSSR count). The topological polar surface area (TPSA) is 124 Å². The van der Waals surface area contributed by atoms with Gasteiger partial charge in [0.2, 0.25) is 0 Å². The monoisotopic (exact) mass is 268 g/mol. The van der Waals surface area contributed by atoms with Crippen molar-refractivity contribution in [3.63, 3.8) is 0 Å². The minimum atomic E-state index is -0.833. The Kier molecular flexibility index (Phi) is 9.99. The van der Waals surface area contributed by atoms with E-state index in [-0.39, 0.29) is 64.2 Å². The predicted molar refractivity (Wildman–Crippen MR) is 54.2 cm³/mol. The van der Waals surface area contributed by atoms with Crippen LogP contribution in [0.2, 0.25) is 0 Å². The first-order valence-electron chi connectivity index (χ1n) is 3.93. The largest absolute Gasteiger partial charge is 1.00 e. The van der Waals surface area contributed by atoms with Crippen LogP contribution < -0.4 is 51.4 Å². The van der Waals surface area contributed by atoms with Gasteiger partial charge in [0.1, 0.15) is 0 Å². The van der Waals surface area contributed by atoms with Crippen molar-refractivity contribution in [1.29, 1.82) is 0 Å². The Morgan fingerprint density at radius 2 is 1.29 bits per heavy atom. The van der Waals surface area contributed by atoms with Crippen LogP contribution in [0.5, 0.6) is 0 Å². The van der Waals surface area contributed by atoms with Gasteiger partial charge in [-0.3, -0.25) is 25.0 Å². The number of nitro benzene ring substituents is 2. The third-order valence-electron chi connectivity index (χ3n) is 1.27. The fourth-order valence-corrected chi connectivity index (χ4v) is 0.696. The normalized spacial score (nSPS) is 8.06. The summed E-state index contributed by atoms with van der Waals surface area (Å²) in [6.07, 6.45) is 0. The van der Waals surface area contributed by atoms with Gasteiger partial charge < -0.3 is 6.53 Å². The molecule has 9 heteroatoms. The maximum Gasteiger partial charge on any atom is 1.00 e. The molecule has 0 aliphatic carbocycles. The molecule has 0 aliphatic rings. The van der Waals surface area contributed by atoms with E-state index in [9.17, 15) is 20.2 Å². The summed E-state index contributed by atoms with van der Waals surface area (Å²) in [5.41, 5.74) is -0.304. The van der Waals surface area contributed by atoms with Gasteiger partial charge in [0.05, 0.1) is 9.85 Å². The molecule has 1 N–H and O–H groups in total. The smallest absolute Gasteiger partial charge is 1.00 e. The second kappa shape index (κ2) is 9.19. The second-order valence-corrected chi connectivity index (χ2v) is 2.55. The molecule has 0 heterocycles. The third kappa shape index (κ3) is 8.89. The van der Waals surface area contributed by atoms with Gasteiger partial charge in [0, 0.05) is 31.2 Å². The first kappa shape index (κ1) is 18.5. The summed E-state index contributed by atoms with van der Waals surface area (Å²) in [4.78, 5) is 28.0. The first-order valence-corrected chi connectivity index (χ1v) is 3.93. The summed E-state index contributed by atoms with van der Waals surface area (Å²) in [6.45, 7) is 1.08. The van der Waals surface area contributed by atoms with Gasteiger partial charge in [-0.05, 0) is 0 Å². The van der Waals surface area contributed by atoms with Gasteiger partial charge in [-0.25, -0.2) is 0 Å². The van der Waals surface area contributed by atoms with Crippen LogP contribution in [0.15, 0.2) is 24.3 Å². The summed E-state index contributed by atoms with van der Waals surface area (Å²) in [7, 11) is 0. The molecule has 0 spiro atoms. The first-order chi connectivity index (χ1) is 7.34. The van der Waals surface area contributed by atoms with E-state index < -0.39 is 15.8 Å². The second-order valence-electron chi connectivity index (χ2n) is 2.55. The summed E-state index contributed by atoms with van der Waals surface area (Å²) >= 11 is 0. The summed E-state index contributed by atoms with van der Waals surface area (Å²) < 4.78 is 0. The molecule has 0 aromatic heterocycles. The van der Waals surface area contributed by atoms with Gasteiger partial charge in [-0.15, -0.1) is 0 Å². The number of nitrogens with zero attached hydrogens (tertiary/aromatic N) is 2. The number of hydrogen-bond acceptors (Lipinski definition) is 5. The van der Waals surface area contributed by atoms with Crippen LogP contribution in [-0.4, -0.2) is 20.9 Å². The summed E-state index contributed by atoms with van der Waals surface area (Å²) in [5, 5.41) is 27.7. The summed E-state index contributed by atoms with van der Waals surface area (Å²) in [5.74, 6) is -0.833. The number of non-ortho nitro benzene ring substituents is 2. The molecular formula is C8H9KN2O6. The van der Waals surface area contributed by atoms with Crippen LogP contribution >= 0.6 is 0 Å². The van der Waals surface area contributed by atoms with Gasteiger partial charge in [0.25, 0.3) is 17.3 Å². The number of aliphatic carboxylic acids is 1. The zero-order valence-corrected chi connectivity index (χ0v) is 12.3. The van der Waals surface area contributed by atoms with Gasteiger partial charge in [-0.2, -0.15) is 0 Å². The molecule has 0 radical (unpaired) electrons. The molecule has 0 bridgehead atoms. The van der Waals surface area contributed by atoms with Gasteiger partial charge >= 0.3 is 51.4 Å². The molecule has 0 saturated heterocycles. The fourth-order valence-electron chi connectivity index (χ4n) is 0.696. The standard InChI is InChI=1S/C6H4N2O4.C2H4O2.K.H/c9-7(10)5-1-2-6(4-3-5)8(11)12;1-2(3)4;;/h1-4H;1H3,(H,3,4);;/q;;+1;-1. The molecule has 8 nitrogen and oxygen atoms in total. The van der Waals surface area contributed by atoms with E-state index in [2.05, 4.69) is 0 Å². The van der Waals surface area contributed by atoms with Crippen molar-refractivity contribution >= 4 is 17.3 Å². The Hall–Kier alpha value is -0.874. The summed E-state index contributed by atoms with van der Waals surface area (Å²) in [6, 6.07) is 4.38. The molecule has 17 heavy (non-hydrogen) atoms. The average molecular weight is 268 g/mol. The van der Waals surface area contributed by atoms with Crippen molar-refractivity contribution < 1.29 is 72.6 Å². The average Bonchev–Trinajstić information content (AvgIpc) is 2.17. The molecule has 0 saturated carbocycles. The van der Waals surface area contributed by atoms with Gasteiger partial charge in [-0.1, -0.05) is 0 Å². The fraction of sp³-hybridized carbons (Fsp3) is 0.125. The maximum absolute atomic E-state index is 10.1. The Bertz CT molecular complexity index is 374. The van der Waals surface area contributed by atoms with Crippen molar-refractivity contribution in [3.05, 3.63) is 44.5 Å². The Balaban J connectivity index is -0.000000332. The van der Waals surface area contributed by atoms with E-state index in [4.69, 9.17) is 9.90 Å². The molecule has 1 aromatic carbocycles. The predicted octanol–water partition coefficient (Wildman–Crippen LogP) is -1.29. The van der Waals surface area contributed by atoms with E-state index in [1.807, 2.05) is 0 Å². The zero-order chi connectivity index (χ0) is 12.7. The van der Waals surface area contributed by atoms with Crippen LogP contribution in [0.4, 0.5) is 11.4 Å². The molecule has 88 valence electrons. The van der Waals surface area contributed by atoms with Gasteiger partial charge in [0.15, 0.2) is 0 Å². The van der Waals surface area contributed by atoms with Crippen molar-refractivity contribution in [1.82, 2.24) is 0 Å². The number of carboxylic acids is 1. The van der Waals surface area contributed by atoms with Crippen molar-refractivity contribution in [2.24, 2.45) is 0 Å². The molecule has 0 aliphatic heterocycles. The number of carbonyl (C=O) groups is 1. The molecular weight excluding hydrogens is 259 g/mol. The number of benzene rings is 1. The molecule has 0 atom stereocenters. The quantitative estimate of drug-likeness (QED) is 0.404. The van der Waals surface area contributed by atoms with Crippen LogP contribution in [0.25, 0.3) is 0 Å². The minimum absolute atomic E-state index is 0. The Labute approximate surface area is 140 Å². The van der Waals surface area contributed by atoms with Crippen molar-refractivity contribution in [2.45, 2.75) is 6.92 Å². The van der Waals surface area contributed by atoms with E-state index in [1.54, 1.807) is 0 Å². The van der Waals surface area contributed by atoms with E-state index in [1.165, 1.54) is 0 Å². The van der Waals surface area contributed by atoms with Crippen LogP contribution in [0.1, 0.15) is 8.35 Å². The van der Waals surface area contributed by atoms with E-state index in [0.717, 1.165) is 31.2 Å². The van der Waals surface area contributed by atoms with Crippen LogP contribution in [-0.2, 0) is 4.79 Å². The molecule has 0 unspecified atom stereocenters. The van der Waals surface area contributed by atoms with Crippen molar-refractivity contribution in [2.75, 3.05) is 0 Å². The van der Waals surface area contributed by atoms with Crippen molar-refractivity contribution in [3.8, 4) is 0 Å². The van der Waals surface area contributed by atoms with Crippen LogP contribution in [0.3, 0.4) is 0 Å². The Morgan fingerprint density at radius 1 is 1.12 bits per heavy atom. The Morgan fingerprint density at radius 3 is 1.41 bits per heavy atom. The van der Waals surface area contributed by atoms with Crippen LogP contribution in [0, 0.1) is 20.2 Å². The number of rotatable bonds is 2. The maximum atomic E-state index is 10.1. The SMILES string of the molecule is CC(=O)O.O=[N+]([O-])c1ccc([N+](=O)[O-])cc1.[H-].[K+]. The molecule has 0 fully saturated rings. The number of carboxylic acid groups (broad SMARTS) is 1. The third-order valence-corrected chi connectivity index (χ3v) is 1.27. The number of hydrogen-bond donors (Lipinski definition) is 1. The van der Waals surface area contributed by atoms with E-state index in [0.29, 0.717) is 0 Å². The zero-order valence-electron chi connectivity index (χ0n) is 10.2. The molecule has 0 amide bonds. The number of nitro groups is 2. The van der Waals surface area contributed by atoms with E-state index >= 15 is 0 Å². The molecule has 1 aromatic rings. The minimum Gasteiger partial charge on any atom is -1.00 e.